The molecule has 7 heteroatoms. The maximum absolute atomic E-state index is 11.6. The Morgan fingerprint density at radius 3 is 2.63 bits per heavy atom. The van der Waals surface area contributed by atoms with Crippen LogP contribution in [-0.4, -0.2) is 48.7 Å². The summed E-state index contributed by atoms with van der Waals surface area (Å²) in [5, 5.41) is 14.0. The average molecular weight is 269 g/mol. The summed E-state index contributed by atoms with van der Waals surface area (Å²) in [7, 11) is 3.85. The Kier molecular flexibility index (Phi) is 5.37. The van der Waals surface area contributed by atoms with Crippen molar-refractivity contribution in [1.29, 1.82) is 0 Å². The fourth-order valence-electron chi connectivity index (χ4n) is 1.62. The molecule has 0 spiro atoms. The standard InChI is InChI=1S/C12H19N3O4/c1-8(7-15(2)3)14-12(18)13-6-9-4-5-10(19-9)11(16)17/h4-5,8H,6-7H2,1-3H3,(H,16,17)(H2,13,14,18). The molecule has 0 radical (unpaired) electrons. The number of nitrogens with one attached hydrogen (secondary N) is 2. The molecule has 7 nitrogen and oxygen atoms in total. The SMILES string of the molecule is CC(CN(C)C)NC(=O)NCc1ccc(C(=O)O)o1. The number of furan rings is 1. The highest BCUT2D eigenvalue weighted by molar-refractivity contribution is 5.84. The average Bonchev–Trinajstić information content (AvgIpc) is 2.73. The highest BCUT2D eigenvalue weighted by Crippen LogP contribution is 2.07. The summed E-state index contributed by atoms with van der Waals surface area (Å²) in [6.07, 6.45) is 0. The number of carboxylic acids is 1. The van der Waals surface area contributed by atoms with Gasteiger partial charge in [-0.25, -0.2) is 9.59 Å². The van der Waals surface area contributed by atoms with E-state index >= 15 is 0 Å². The highest BCUT2D eigenvalue weighted by atomic mass is 16.4. The Hall–Kier alpha value is -2.02. The molecular formula is C12H19N3O4. The fourth-order valence-corrected chi connectivity index (χ4v) is 1.62. The second-order valence-electron chi connectivity index (χ2n) is 4.56. The van der Waals surface area contributed by atoms with Crippen LogP contribution in [0, 0.1) is 0 Å². The predicted molar refractivity (Wildman–Crippen MR) is 69.1 cm³/mol. The summed E-state index contributed by atoms with van der Waals surface area (Å²) >= 11 is 0. The van der Waals surface area contributed by atoms with Gasteiger partial charge >= 0.3 is 12.0 Å². The Morgan fingerprint density at radius 2 is 2.11 bits per heavy atom. The van der Waals surface area contributed by atoms with E-state index in [1.165, 1.54) is 12.1 Å². The summed E-state index contributed by atoms with van der Waals surface area (Å²) in [5.74, 6) is -0.874. The van der Waals surface area contributed by atoms with E-state index in [1.807, 2.05) is 25.9 Å². The Bertz CT molecular complexity index is 442. The van der Waals surface area contributed by atoms with E-state index in [0.29, 0.717) is 5.76 Å². The van der Waals surface area contributed by atoms with Crippen LogP contribution < -0.4 is 10.6 Å². The van der Waals surface area contributed by atoms with Crippen molar-refractivity contribution >= 4 is 12.0 Å². The lowest BCUT2D eigenvalue weighted by atomic mass is 10.3. The summed E-state index contributed by atoms with van der Waals surface area (Å²) in [6, 6.07) is 2.57. The number of aromatic carboxylic acids is 1. The van der Waals surface area contributed by atoms with Crippen LogP contribution >= 0.6 is 0 Å². The molecule has 2 amide bonds. The molecule has 3 N–H and O–H groups in total. The summed E-state index contributed by atoms with van der Waals surface area (Å²) in [4.78, 5) is 24.1. The molecule has 19 heavy (non-hydrogen) atoms. The number of urea groups is 1. The molecule has 1 unspecified atom stereocenters. The number of likely N-dealkylation sites (N-methyl/N-ethyl adjacent to an activating group) is 1. The topological polar surface area (TPSA) is 94.8 Å². The molecule has 0 saturated heterocycles. The van der Waals surface area contributed by atoms with Crippen LogP contribution in [0.1, 0.15) is 23.2 Å². The lowest BCUT2D eigenvalue weighted by Crippen LogP contribution is -2.44. The quantitative estimate of drug-likeness (QED) is 0.707. The maximum Gasteiger partial charge on any atom is 0.371 e. The van der Waals surface area contributed by atoms with Gasteiger partial charge in [-0.15, -0.1) is 0 Å². The van der Waals surface area contributed by atoms with Crippen LogP contribution in [0.25, 0.3) is 0 Å². The molecule has 0 aliphatic carbocycles. The smallest absolute Gasteiger partial charge is 0.371 e. The van der Waals surface area contributed by atoms with Gasteiger partial charge in [0.05, 0.1) is 6.54 Å². The van der Waals surface area contributed by atoms with Crippen molar-refractivity contribution in [1.82, 2.24) is 15.5 Å². The van der Waals surface area contributed by atoms with E-state index in [-0.39, 0.29) is 24.4 Å². The summed E-state index contributed by atoms with van der Waals surface area (Å²) < 4.78 is 5.01. The lowest BCUT2D eigenvalue weighted by molar-refractivity contribution is 0.0660. The Morgan fingerprint density at radius 1 is 1.42 bits per heavy atom. The van der Waals surface area contributed by atoms with Crippen molar-refractivity contribution in [2.45, 2.75) is 19.5 Å². The Balaban J connectivity index is 2.35. The molecule has 0 aliphatic rings. The monoisotopic (exact) mass is 269 g/mol. The number of carbonyl (C=O) groups is 2. The van der Waals surface area contributed by atoms with Gasteiger partial charge in [0.2, 0.25) is 5.76 Å². The molecule has 0 fully saturated rings. The third kappa shape index (κ3) is 5.43. The van der Waals surface area contributed by atoms with Gasteiger partial charge in [0.15, 0.2) is 0 Å². The van der Waals surface area contributed by atoms with E-state index in [4.69, 9.17) is 9.52 Å². The van der Waals surface area contributed by atoms with Gasteiger partial charge in [-0.3, -0.25) is 0 Å². The van der Waals surface area contributed by atoms with Crippen LogP contribution in [0.3, 0.4) is 0 Å². The second-order valence-corrected chi connectivity index (χ2v) is 4.56. The minimum absolute atomic E-state index is 0.0150. The second kappa shape index (κ2) is 6.79. The van der Waals surface area contributed by atoms with E-state index in [0.717, 1.165) is 6.54 Å². The van der Waals surface area contributed by atoms with Crippen LogP contribution in [-0.2, 0) is 6.54 Å². The van der Waals surface area contributed by atoms with Gasteiger partial charge in [-0.05, 0) is 33.2 Å². The lowest BCUT2D eigenvalue weighted by Gasteiger charge is -2.18. The number of carbonyl (C=O) groups excluding carboxylic acids is 1. The van der Waals surface area contributed by atoms with E-state index in [9.17, 15) is 9.59 Å². The minimum Gasteiger partial charge on any atom is -0.475 e. The molecule has 0 aliphatic heterocycles. The molecule has 1 aromatic heterocycles. The van der Waals surface area contributed by atoms with Gasteiger partial charge < -0.3 is 25.1 Å². The van der Waals surface area contributed by atoms with E-state index in [2.05, 4.69) is 10.6 Å². The van der Waals surface area contributed by atoms with Crippen LogP contribution in [0.15, 0.2) is 16.5 Å². The molecule has 0 aromatic carbocycles. The van der Waals surface area contributed by atoms with E-state index in [1.54, 1.807) is 0 Å². The van der Waals surface area contributed by atoms with Crippen molar-refractivity contribution < 1.29 is 19.1 Å². The minimum atomic E-state index is -1.13. The first-order valence-electron chi connectivity index (χ1n) is 5.89. The highest BCUT2D eigenvalue weighted by Gasteiger charge is 2.11. The third-order valence-corrected chi connectivity index (χ3v) is 2.31. The zero-order valence-corrected chi connectivity index (χ0v) is 11.3. The van der Waals surface area contributed by atoms with Gasteiger partial charge in [0.1, 0.15) is 5.76 Å². The van der Waals surface area contributed by atoms with Crippen LogP contribution in [0.4, 0.5) is 4.79 Å². The van der Waals surface area contributed by atoms with Crippen molar-refractivity contribution in [3.63, 3.8) is 0 Å². The molecule has 0 saturated carbocycles. The number of carboxylic acid groups (broad SMARTS) is 1. The van der Waals surface area contributed by atoms with Crippen LogP contribution in [0.2, 0.25) is 0 Å². The maximum atomic E-state index is 11.6. The number of nitrogens with zero attached hydrogens (tertiary/aromatic N) is 1. The van der Waals surface area contributed by atoms with Crippen molar-refractivity contribution in [2.24, 2.45) is 0 Å². The van der Waals surface area contributed by atoms with Gasteiger partial charge in [-0.1, -0.05) is 0 Å². The third-order valence-electron chi connectivity index (χ3n) is 2.31. The number of amides is 2. The predicted octanol–water partition coefficient (Wildman–Crippen LogP) is 0.727. The first-order valence-corrected chi connectivity index (χ1v) is 5.89. The zero-order chi connectivity index (χ0) is 14.4. The number of rotatable bonds is 6. The van der Waals surface area contributed by atoms with Gasteiger partial charge in [0.25, 0.3) is 0 Å². The summed E-state index contributed by atoms with van der Waals surface area (Å²) in [6.45, 7) is 2.78. The molecule has 1 atom stereocenters. The largest absolute Gasteiger partial charge is 0.475 e. The first-order chi connectivity index (χ1) is 8.88. The van der Waals surface area contributed by atoms with Gasteiger partial charge in [-0.2, -0.15) is 0 Å². The van der Waals surface area contributed by atoms with Crippen molar-refractivity contribution in [3.8, 4) is 0 Å². The van der Waals surface area contributed by atoms with Crippen molar-refractivity contribution in [2.75, 3.05) is 20.6 Å². The van der Waals surface area contributed by atoms with Gasteiger partial charge in [0, 0.05) is 12.6 Å². The van der Waals surface area contributed by atoms with Crippen molar-refractivity contribution in [3.05, 3.63) is 23.7 Å². The molecule has 1 heterocycles. The van der Waals surface area contributed by atoms with Crippen LogP contribution in [0.5, 0.6) is 0 Å². The molecule has 1 aromatic rings. The molecule has 1 rings (SSSR count). The number of hydrogen-bond acceptors (Lipinski definition) is 4. The normalized spacial score (nSPS) is 12.2. The Labute approximate surface area is 111 Å². The zero-order valence-electron chi connectivity index (χ0n) is 11.3. The molecule has 0 bridgehead atoms. The molecular weight excluding hydrogens is 250 g/mol. The van der Waals surface area contributed by atoms with E-state index < -0.39 is 5.97 Å². The summed E-state index contributed by atoms with van der Waals surface area (Å²) in [5.41, 5.74) is 0. The first kappa shape index (κ1) is 15.0. The number of hydrogen-bond donors (Lipinski definition) is 3. The fraction of sp³-hybridized carbons (Fsp3) is 0.500. The molecule has 106 valence electrons.